The van der Waals surface area contributed by atoms with Crippen LogP contribution in [0.2, 0.25) is 0 Å². The lowest BCUT2D eigenvalue weighted by Gasteiger charge is -2.19. The molecule has 0 rings (SSSR count). The Balaban J connectivity index is 3.43. The molecule has 1 unspecified atom stereocenters. The van der Waals surface area contributed by atoms with Crippen LogP contribution in [0.25, 0.3) is 0 Å². The summed E-state index contributed by atoms with van der Waals surface area (Å²) in [6.45, 7) is 2.52. The van der Waals surface area contributed by atoms with Crippen LogP contribution in [0, 0.1) is 0 Å². The molecule has 0 saturated heterocycles. The van der Waals surface area contributed by atoms with E-state index in [0.717, 1.165) is 19.3 Å². The second-order valence-corrected chi connectivity index (χ2v) is 4.52. The van der Waals surface area contributed by atoms with Crippen LogP contribution < -0.4 is 5.32 Å². The Labute approximate surface area is 108 Å². The minimum absolute atomic E-state index is 0.193. The van der Waals surface area contributed by atoms with Crippen molar-refractivity contribution in [1.82, 2.24) is 10.2 Å². The average Bonchev–Trinajstić information content (AvgIpc) is 2.26. The maximum Gasteiger partial charge on any atom is 0.317 e. The Morgan fingerprint density at radius 3 is 2.39 bits per heavy atom. The number of unbranched alkanes of at least 4 members (excludes halogenated alkanes) is 3. The number of aliphatic hydroxyl groups excluding tert-OH is 1. The number of urea groups is 1. The van der Waals surface area contributed by atoms with Gasteiger partial charge in [-0.3, -0.25) is 4.79 Å². The van der Waals surface area contributed by atoms with Gasteiger partial charge in [0.25, 0.3) is 0 Å². The molecule has 0 bridgehead atoms. The van der Waals surface area contributed by atoms with Crippen LogP contribution in [0.3, 0.4) is 0 Å². The number of nitrogens with zero attached hydrogens (tertiary/aromatic N) is 1. The van der Waals surface area contributed by atoms with Crippen LogP contribution in [0.5, 0.6) is 0 Å². The molecule has 0 aliphatic carbocycles. The highest BCUT2D eigenvalue weighted by molar-refractivity contribution is 5.73. The summed E-state index contributed by atoms with van der Waals surface area (Å²) < 4.78 is 0. The Kier molecular flexibility index (Phi) is 9.00. The number of nitrogens with one attached hydrogen (secondary N) is 1. The normalized spacial score (nSPS) is 11.9. The molecule has 0 fully saturated rings. The van der Waals surface area contributed by atoms with Crippen LogP contribution in [0.4, 0.5) is 4.79 Å². The number of amides is 2. The van der Waals surface area contributed by atoms with Crippen molar-refractivity contribution in [1.29, 1.82) is 0 Å². The number of carbonyl (C=O) groups is 2. The molecule has 2 amide bonds. The molecule has 0 aromatic carbocycles. The highest BCUT2D eigenvalue weighted by atomic mass is 16.4. The van der Waals surface area contributed by atoms with E-state index in [-0.39, 0.29) is 12.5 Å². The molecular formula is C12H24N2O4. The summed E-state index contributed by atoms with van der Waals surface area (Å²) in [6.07, 6.45) is 2.99. The third-order valence-corrected chi connectivity index (χ3v) is 2.48. The van der Waals surface area contributed by atoms with Gasteiger partial charge < -0.3 is 20.4 Å². The Bertz CT molecular complexity index is 256. The maximum atomic E-state index is 11.5. The molecule has 0 spiro atoms. The van der Waals surface area contributed by atoms with Gasteiger partial charge in [0.2, 0.25) is 0 Å². The zero-order valence-electron chi connectivity index (χ0n) is 11.2. The topological polar surface area (TPSA) is 89.9 Å². The number of rotatable bonds is 9. The highest BCUT2D eigenvalue weighted by Gasteiger charge is 2.09. The average molecular weight is 260 g/mol. The van der Waals surface area contributed by atoms with Crippen LogP contribution in [0.1, 0.15) is 39.0 Å². The number of carboxylic acid groups (broad SMARTS) is 1. The SMILES string of the molecule is CC(O)CN(C)C(=O)NCCCCCCC(=O)O. The number of aliphatic carboxylic acids is 1. The smallest absolute Gasteiger partial charge is 0.317 e. The van der Waals surface area contributed by atoms with E-state index in [1.165, 1.54) is 4.90 Å². The summed E-state index contributed by atoms with van der Waals surface area (Å²) in [4.78, 5) is 23.2. The van der Waals surface area contributed by atoms with E-state index < -0.39 is 12.1 Å². The van der Waals surface area contributed by atoms with Crippen molar-refractivity contribution in [2.75, 3.05) is 20.1 Å². The summed E-state index contributed by atoms with van der Waals surface area (Å²) in [6, 6.07) is -0.193. The van der Waals surface area contributed by atoms with Crippen molar-refractivity contribution >= 4 is 12.0 Å². The second-order valence-electron chi connectivity index (χ2n) is 4.52. The molecule has 0 saturated carbocycles. The first-order chi connectivity index (χ1) is 8.43. The first-order valence-corrected chi connectivity index (χ1v) is 6.32. The molecule has 1 atom stereocenters. The van der Waals surface area contributed by atoms with Crippen LogP contribution in [0.15, 0.2) is 0 Å². The molecule has 0 radical (unpaired) electrons. The molecule has 0 heterocycles. The zero-order valence-corrected chi connectivity index (χ0v) is 11.2. The van der Waals surface area contributed by atoms with E-state index in [9.17, 15) is 9.59 Å². The monoisotopic (exact) mass is 260 g/mol. The zero-order chi connectivity index (χ0) is 14.0. The minimum atomic E-state index is -0.761. The molecule has 3 N–H and O–H groups in total. The van der Waals surface area contributed by atoms with Gasteiger partial charge in [0.15, 0.2) is 0 Å². The number of carbonyl (C=O) groups excluding carboxylic acids is 1. The third kappa shape index (κ3) is 9.89. The number of hydrogen-bond donors (Lipinski definition) is 3. The summed E-state index contributed by atoms with van der Waals surface area (Å²) in [7, 11) is 1.63. The molecule has 0 aromatic rings. The quantitative estimate of drug-likeness (QED) is 0.540. The number of likely N-dealkylation sites (N-methyl/N-ethyl adjacent to an activating group) is 1. The lowest BCUT2D eigenvalue weighted by molar-refractivity contribution is -0.137. The second kappa shape index (κ2) is 9.70. The maximum absolute atomic E-state index is 11.5. The summed E-state index contributed by atoms with van der Waals surface area (Å²) in [5, 5.41) is 20.3. The Hall–Kier alpha value is -1.30. The lowest BCUT2D eigenvalue weighted by Crippen LogP contribution is -2.40. The molecular weight excluding hydrogens is 236 g/mol. The Morgan fingerprint density at radius 2 is 1.83 bits per heavy atom. The molecule has 6 heteroatoms. The predicted octanol–water partition coefficient (Wildman–Crippen LogP) is 1.04. The van der Waals surface area contributed by atoms with E-state index in [1.807, 2.05) is 0 Å². The van der Waals surface area contributed by atoms with Crippen molar-refractivity contribution in [2.24, 2.45) is 0 Å². The minimum Gasteiger partial charge on any atom is -0.481 e. The van der Waals surface area contributed by atoms with Crippen LogP contribution in [-0.2, 0) is 4.79 Å². The Morgan fingerprint density at radius 1 is 1.22 bits per heavy atom. The molecule has 106 valence electrons. The lowest BCUT2D eigenvalue weighted by atomic mass is 10.1. The van der Waals surface area contributed by atoms with Gasteiger partial charge in [0.05, 0.1) is 6.10 Å². The number of carboxylic acids is 1. The summed E-state index contributed by atoms with van der Waals surface area (Å²) in [5.74, 6) is -0.761. The molecule has 6 nitrogen and oxygen atoms in total. The van der Waals surface area contributed by atoms with Gasteiger partial charge >= 0.3 is 12.0 Å². The third-order valence-electron chi connectivity index (χ3n) is 2.48. The highest BCUT2D eigenvalue weighted by Crippen LogP contribution is 2.02. The van der Waals surface area contributed by atoms with Gasteiger partial charge in [-0.15, -0.1) is 0 Å². The molecule has 0 aliphatic heterocycles. The fourth-order valence-corrected chi connectivity index (χ4v) is 1.56. The molecule has 0 aliphatic rings. The van der Waals surface area contributed by atoms with Crippen molar-refractivity contribution in [2.45, 2.75) is 45.1 Å². The van der Waals surface area contributed by atoms with Crippen molar-refractivity contribution in [3.05, 3.63) is 0 Å². The van der Waals surface area contributed by atoms with E-state index in [4.69, 9.17) is 10.2 Å². The van der Waals surface area contributed by atoms with Crippen molar-refractivity contribution < 1.29 is 19.8 Å². The summed E-state index contributed by atoms with van der Waals surface area (Å²) >= 11 is 0. The van der Waals surface area contributed by atoms with Crippen molar-refractivity contribution in [3.63, 3.8) is 0 Å². The van der Waals surface area contributed by atoms with E-state index in [0.29, 0.717) is 19.5 Å². The van der Waals surface area contributed by atoms with Gasteiger partial charge in [0.1, 0.15) is 0 Å². The first kappa shape index (κ1) is 16.7. The van der Waals surface area contributed by atoms with Gasteiger partial charge in [-0.1, -0.05) is 12.8 Å². The number of hydrogen-bond acceptors (Lipinski definition) is 3. The molecule has 18 heavy (non-hydrogen) atoms. The van der Waals surface area contributed by atoms with Gasteiger partial charge in [0, 0.05) is 26.6 Å². The van der Waals surface area contributed by atoms with Gasteiger partial charge in [-0.25, -0.2) is 4.79 Å². The van der Waals surface area contributed by atoms with E-state index in [1.54, 1.807) is 14.0 Å². The fourth-order valence-electron chi connectivity index (χ4n) is 1.56. The van der Waals surface area contributed by atoms with Gasteiger partial charge in [-0.2, -0.15) is 0 Å². The van der Waals surface area contributed by atoms with Gasteiger partial charge in [-0.05, 0) is 19.8 Å². The van der Waals surface area contributed by atoms with E-state index in [2.05, 4.69) is 5.32 Å². The molecule has 0 aromatic heterocycles. The fraction of sp³-hybridized carbons (Fsp3) is 0.833. The first-order valence-electron chi connectivity index (χ1n) is 6.32. The number of aliphatic hydroxyl groups is 1. The van der Waals surface area contributed by atoms with Crippen molar-refractivity contribution in [3.8, 4) is 0 Å². The largest absolute Gasteiger partial charge is 0.481 e. The standard InChI is InChI=1S/C12H24N2O4/c1-10(15)9-14(2)12(18)13-8-6-4-3-5-7-11(16)17/h10,15H,3-9H2,1-2H3,(H,13,18)(H,16,17). The van der Waals surface area contributed by atoms with Crippen LogP contribution >= 0.6 is 0 Å². The summed E-state index contributed by atoms with van der Waals surface area (Å²) in [5.41, 5.74) is 0. The predicted molar refractivity (Wildman–Crippen MR) is 68.4 cm³/mol. The van der Waals surface area contributed by atoms with Crippen LogP contribution in [-0.4, -0.2) is 53.4 Å². The van der Waals surface area contributed by atoms with E-state index >= 15 is 0 Å².